The molecule has 0 spiro atoms. The summed E-state index contributed by atoms with van der Waals surface area (Å²) in [4.78, 5) is 12.3. The van der Waals surface area contributed by atoms with Crippen molar-refractivity contribution in [2.75, 3.05) is 5.32 Å². The molecular formula is C18H22N6O. The number of rotatable bonds is 4. The third-order valence-corrected chi connectivity index (χ3v) is 4.90. The van der Waals surface area contributed by atoms with Crippen LogP contribution in [0.3, 0.4) is 0 Å². The largest absolute Gasteiger partial charge is 0.364 e. The van der Waals surface area contributed by atoms with E-state index in [9.17, 15) is 4.79 Å². The molecule has 0 unspecified atom stereocenters. The third kappa shape index (κ3) is 3.26. The van der Waals surface area contributed by atoms with Crippen LogP contribution in [0, 0.1) is 5.92 Å². The lowest BCUT2D eigenvalue weighted by molar-refractivity contribution is 0.358. The number of fused-ring (bicyclic) bond motifs is 1. The molecular weight excluding hydrogens is 316 g/mol. The third-order valence-electron chi connectivity index (χ3n) is 4.90. The second-order valence-corrected chi connectivity index (χ2v) is 6.94. The Morgan fingerprint density at radius 3 is 2.92 bits per heavy atom. The fraction of sp³-hybridized carbons (Fsp3) is 0.444. The van der Waals surface area contributed by atoms with Crippen molar-refractivity contribution >= 4 is 16.9 Å². The van der Waals surface area contributed by atoms with Crippen molar-refractivity contribution in [2.24, 2.45) is 5.92 Å². The van der Waals surface area contributed by atoms with Crippen molar-refractivity contribution in [1.82, 2.24) is 25.2 Å². The molecule has 0 saturated heterocycles. The molecule has 0 bridgehead atoms. The first-order valence-corrected chi connectivity index (χ1v) is 8.83. The summed E-state index contributed by atoms with van der Waals surface area (Å²) in [5, 5.41) is 18.6. The zero-order chi connectivity index (χ0) is 17.2. The van der Waals surface area contributed by atoms with E-state index in [1.165, 1.54) is 12.8 Å². The minimum absolute atomic E-state index is 0.265. The highest BCUT2D eigenvalue weighted by Gasteiger charge is 2.22. The van der Waals surface area contributed by atoms with Gasteiger partial charge in [0.25, 0.3) is 5.56 Å². The van der Waals surface area contributed by atoms with Crippen molar-refractivity contribution in [3.05, 3.63) is 46.2 Å². The minimum Gasteiger partial charge on any atom is -0.364 e. The van der Waals surface area contributed by atoms with Gasteiger partial charge >= 0.3 is 0 Å². The fourth-order valence-corrected chi connectivity index (χ4v) is 3.64. The number of nitrogens with one attached hydrogen (secondary N) is 2. The molecule has 3 aromatic rings. The number of anilines is 1. The summed E-state index contributed by atoms with van der Waals surface area (Å²) in [6.07, 6.45) is 4.72. The lowest BCUT2D eigenvalue weighted by Crippen LogP contribution is -2.27. The predicted octanol–water partition coefficient (Wildman–Crippen LogP) is 2.55. The van der Waals surface area contributed by atoms with Gasteiger partial charge in [0.15, 0.2) is 16.9 Å². The van der Waals surface area contributed by atoms with Gasteiger partial charge in [0.2, 0.25) is 0 Å². The van der Waals surface area contributed by atoms with Gasteiger partial charge in [0, 0.05) is 6.04 Å². The van der Waals surface area contributed by atoms with E-state index in [0.29, 0.717) is 35.4 Å². The average molecular weight is 338 g/mol. The standard InChI is InChI=1S/C18H22N6O/c1-12-6-5-9-14(10-12)19-17-15-16(18(25)22-21-17)24(23-20-15)11-13-7-3-2-4-8-13/h2-4,7-8,12,14H,5-6,9-11H2,1H3,(H,19,21)(H,22,25)/t12-,14+/m1/s1. The molecule has 0 radical (unpaired) electrons. The summed E-state index contributed by atoms with van der Waals surface area (Å²) >= 11 is 0. The lowest BCUT2D eigenvalue weighted by Gasteiger charge is -2.27. The van der Waals surface area contributed by atoms with E-state index in [0.717, 1.165) is 18.4 Å². The van der Waals surface area contributed by atoms with Crippen LogP contribution < -0.4 is 10.9 Å². The minimum atomic E-state index is -0.265. The van der Waals surface area contributed by atoms with Crippen molar-refractivity contribution in [3.8, 4) is 0 Å². The second kappa shape index (κ2) is 6.66. The van der Waals surface area contributed by atoms with E-state index in [1.54, 1.807) is 4.68 Å². The van der Waals surface area contributed by atoms with Gasteiger partial charge < -0.3 is 5.32 Å². The predicted molar refractivity (Wildman–Crippen MR) is 96.5 cm³/mol. The van der Waals surface area contributed by atoms with Crippen LogP contribution in [-0.4, -0.2) is 31.2 Å². The van der Waals surface area contributed by atoms with Gasteiger partial charge in [-0.2, -0.15) is 5.10 Å². The number of hydrogen-bond acceptors (Lipinski definition) is 5. The van der Waals surface area contributed by atoms with Gasteiger partial charge in [-0.15, -0.1) is 5.10 Å². The summed E-state index contributed by atoms with van der Waals surface area (Å²) in [6, 6.07) is 10.3. The number of H-pyrrole nitrogens is 1. The zero-order valence-corrected chi connectivity index (χ0v) is 14.3. The molecule has 4 rings (SSSR count). The number of nitrogens with zero attached hydrogens (tertiary/aromatic N) is 4. The second-order valence-electron chi connectivity index (χ2n) is 6.94. The highest BCUT2D eigenvalue weighted by molar-refractivity contribution is 5.84. The molecule has 130 valence electrons. The van der Waals surface area contributed by atoms with Crippen molar-refractivity contribution in [1.29, 1.82) is 0 Å². The number of aromatic nitrogens is 5. The fourth-order valence-electron chi connectivity index (χ4n) is 3.64. The Labute approximate surface area is 145 Å². The van der Waals surface area contributed by atoms with Crippen LogP contribution in [0.5, 0.6) is 0 Å². The van der Waals surface area contributed by atoms with Crippen molar-refractivity contribution < 1.29 is 0 Å². The van der Waals surface area contributed by atoms with Gasteiger partial charge in [-0.3, -0.25) is 4.79 Å². The summed E-state index contributed by atoms with van der Waals surface area (Å²) in [5.74, 6) is 1.33. The molecule has 1 saturated carbocycles. The van der Waals surface area contributed by atoms with Crippen molar-refractivity contribution in [3.63, 3.8) is 0 Å². The SMILES string of the molecule is C[C@@H]1CCC[C@H](Nc2n[nH]c(=O)c3c2nnn3Cc2ccccc2)C1. The van der Waals surface area contributed by atoms with Crippen LogP contribution in [0.2, 0.25) is 0 Å². The van der Waals surface area contributed by atoms with E-state index >= 15 is 0 Å². The monoisotopic (exact) mass is 338 g/mol. The normalized spacial score (nSPS) is 20.7. The zero-order valence-electron chi connectivity index (χ0n) is 14.3. The Bertz CT molecular complexity index is 916. The molecule has 1 aromatic carbocycles. The van der Waals surface area contributed by atoms with Gasteiger partial charge in [-0.05, 0) is 24.3 Å². The molecule has 2 heterocycles. The molecule has 0 amide bonds. The van der Waals surface area contributed by atoms with Crippen LogP contribution >= 0.6 is 0 Å². The number of hydrogen-bond donors (Lipinski definition) is 2. The summed E-state index contributed by atoms with van der Waals surface area (Å²) in [5.41, 5.74) is 1.81. The van der Waals surface area contributed by atoms with Crippen LogP contribution in [0.15, 0.2) is 35.1 Å². The highest BCUT2D eigenvalue weighted by Crippen LogP contribution is 2.27. The first-order valence-electron chi connectivity index (χ1n) is 8.83. The molecule has 2 aromatic heterocycles. The molecule has 1 fully saturated rings. The summed E-state index contributed by atoms with van der Waals surface area (Å²) in [6.45, 7) is 2.78. The van der Waals surface area contributed by atoms with E-state index in [-0.39, 0.29) is 5.56 Å². The summed E-state index contributed by atoms with van der Waals surface area (Å²) in [7, 11) is 0. The molecule has 25 heavy (non-hydrogen) atoms. The molecule has 1 aliphatic rings. The van der Waals surface area contributed by atoms with Crippen LogP contribution in [0.1, 0.15) is 38.2 Å². The summed E-state index contributed by atoms with van der Waals surface area (Å²) < 4.78 is 1.64. The Morgan fingerprint density at radius 1 is 1.28 bits per heavy atom. The Kier molecular flexibility index (Phi) is 4.21. The highest BCUT2D eigenvalue weighted by atomic mass is 16.1. The van der Waals surface area contributed by atoms with Gasteiger partial charge in [0.1, 0.15) is 0 Å². The van der Waals surface area contributed by atoms with Crippen LogP contribution in [0.25, 0.3) is 11.0 Å². The molecule has 0 aliphatic heterocycles. The molecule has 2 atom stereocenters. The van der Waals surface area contributed by atoms with Crippen molar-refractivity contribution in [2.45, 2.75) is 45.2 Å². The van der Waals surface area contributed by atoms with Gasteiger partial charge in [-0.25, -0.2) is 9.78 Å². The first-order chi connectivity index (χ1) is 12.2. The van der Waals surface area contributed by atoms with E-state index < -0.39 is 0 Å². The maximum atomic E-state index is 12.3. The van der Waals surface area contributed by atoms with E-state index in [1.807, 2.05) is 30.3 Å². The van der Waals surface area contributed by atoms with E-state index in [4.69, 9.17) is 0 Å². The molecule has 2 N–H and O–H groups in total. The Balaban J connectivity index is 1.66. The maximum absolute atomic E-state index is 12.3. The topological polar surface area (TPSA) is 88.5 Å². The maximum Gasteiger partial charge on any atom is 0.292 e. The smallest absolute Gasteiger partial charge is 0.292 e. The quantitative estimate of drug-likeness (QED) is 0.763. The van der Waals surface area contributed by atoms with Gasteiger partial charge in [-0.1, -0.05) is 55.3 Å². The first kappa shape index (κ1) is 15.8. The lowest BCUT2D eigenvalue weighted by atomic mass is 9.87. The van der Waals surface area contributed by atoms with E-state index in [2.05, 4.69) is 32.7 Å². The number of benzene rings is 1. The van der Waals surface area contributed by atoms with Crippen LogP contribution in [-0.2, 0) is 6.54 Å². The molecule has 7 heteroatoms. The van der Waals surface area contributed by atoms with Gasteiger partial charge in [0.05, 0.1) is 6.54 Å². The molecule has 1 aliphatic carbocycles. The Morgan fingerprint density at radius 2 is 2.12 bits per heavy atom. The van der Waals surface area contributed by atoms with Crippen LogP contribution in [0.4, 0.5) is 5.82 Å². The Hall–Kier alpha value is -2.70. The number of aromatic amines is 1. The average Bonchev–Trinajstić information content (AvgIpc) is 3.03. The molecule has 7 nitrogen and oxygen atoms in total.